The van der Waals surface area contributed by atoms with Crippen molar-refractivity contribution in [1.82, 2.24) is 0 Å². The zero-order valence-corrected chi connectivity index (χ0v) is 10.6. The Morgan fingerprint density at radius 1 is 1.21 bits per heavy atom. The van der Waals surface area contributed by atoms with Crippen LogP contribution in [0, 0.1) is 0 Å². The molecule has 0 spiro atoms. The largest absolute Gasteiger partial charge is 0.547 e. The monoisotopic (exact) mass is 212 g/mol. The van der Waals surface area contributed by atoms with Crippen LogP contribution in [0.2, 0.25) is 19.6 Å². The van der Waals surface area contributed by atoms with Crippen molar-refractivity contribution >= 4 is 14.1 Å². The molecule has 1 aliphatic carbocycles. The summed E-state index contributed by atoms with van der Waals surface area (Å²) in [5.41, 5.74) is 0.943. The van der Waals surface area contributed by atoms with Gasteiger partial charge >= 0.3 is 0 Å². The molecule has 1 saturated carbocycles. The van der Waals surface area contributed by atoms with E-state index in [1.54, 1.807) is 0 Å². The second kappa shape index (κ2) is 4.30. The minimum absolute atomic E-state index is 0.298. The molecule has 0 N–H and O–H groups in total. The van der Waals surface area contributed by atoms with Gasteiger partial charge in [0.2, 0.25) is 8.32 Å². The Morgan fingerprint density at radius 2 is 1.79 bits per heavy atom. The summed E-state index contributed by atoms with van der Waals surface area (Å²) in [5, 5.41) is 0. The Labute approximate surface area is 87.5 Å². The van der Waals surface area contributed by atoms with E-state index in [0.29, 0.717) is 12.2 Å². The van der Waals surface area contributed by atoms with Crippen molar-refractivity contribution in [3.05, 3.63) is 11.3 Å². The molecule has 0 aromatic rings. The third kappa shape index (κ3) is 3.29. The zero-order chi connectivity index (χ0) is 10.8. The van der Waals surface area contributed by atoms with E-state index in [-0.39, 0.29) is 0 Å². The Kier molecular flexibility index (Phi) is 3.53. The van der Waals surface area contributed by atoms with Crippen molar-refractivity contribution in [3.8, 4) is 0 Å². The first-order chi connectivity index (χ1) is 6.40. The molecule has 0 unspecified atom stereocenters. The van der Waals surface area contributed by atoms with Crippen LogP contribution in [0.1, 0.15) is 32.6 Å². The lowest BCUT2D eigenvalue weighted by Gasteiger charge is -2.23. The summed E-state index contributed by atoms with van der Waals surface area (Å²) in [6.07, 6.45) is 3.80. The Balaban J connectivity index is 2.75. The topological polar surface area (TPSA) is 26.3 Å². The van der Waals surface area contributed by atoms with E-state index < -0.39 is 8.32 Å². The molecule has 2 nitrogen and oxygen atoms in total. The number of hydrogen-bond donors (Lipinski definition) is 0. The summed E-state index contributed by atoms with van der Waals surface area (Å²) in [6, 6.07) is 0. The van der Waals surface area contributed by atoms with Gasteiger partial charge in [0, 0.05) is 12.0 Å². The first-order valence-corrected chi connectivity index (χ1v) is 8.73. The average Bonchev–Trinajstić information content (AvgIpc) is 2.01. The van der Waals surface area contributed by atoms with Crippen LogP contribution in [-0.4, -0.2) is 14.1 Å². The number of ketones is 1. The summed E-state index contributed by atoms with van der Waals surface area (Å²) in [6.45, 7) is 8.37. The Bertz CT molecular complexity index is 261. The summed E-state index contributed by atoms with van der Waals surface area (Å²) in [7, 11) is -1.54. The van der Waals surface area contributed by atoms with Crippen molar-refractivity contribution in [3.63, 3.8) is 0 Å². The third-order valence-electron chi connectivity index (χ3n) is 2.30. The van der Waals surface area contributed by atoms with Crippen LogP contribution in [0.25, 0.3) is 0 Å². The highest BCUT2D eigenvalue weighted by molar-refractivity contribution is 6.70. The number of carbonyl (C=O) groups is 1. The van der Waals surface area contributed by atoms with Gasteiger partial charge in [0.15, 0.2) is 5.78 Å². The molecule has 0 radical (unpaired) electrons. The minimum atomic E-state index is -1.54. The van der Waals surface area contributed by atoms with Crippen molar-refractivity contribution in [2.75, 3.05) is 0 Å². The smallest absolute Gasteiger partial charge is 0.241 e. The maximum atomic E-state index is 11.6. The fourth-order valence-corrected chi connectivity index (χ4v) is 2.81. The fourth-order valence-electron chi connectivity index (χ4n) is 1.77. The van der Waals surface area contributed by atoms with E-state index in [2.05, 4.69) is 19.6 Å². The SMILES string of the molecule is CC(O[Si](C)(C)C)=C1CCCCC1=O. The van der Waals surface area contributed by atoms with Crippen molar-refractivity contribution in [1.29, 1.82) is 0 Å². The number of rotatable bonds is 2. The summed E-state index contributed by atoms with van der Waals surface area (Å²) in [5.74, 6) is 1.18. The van der Waals surface area contributed by atoms with Crippen LogP contribution in [-0.2, 0) is 9.22 Å². The van der Waals surface area contributed by atoms with Crippen LogP contribution in [0.5, 0.6) is 0 Å². The molecule has 0 bridgehead atoms. The normalized spacial score (nSPS) is 22.1. The van der Waals surface area contributed by atoms with E-state index in [1.807, 2.05) is 6.92 Å². The number of Topliss-reactive ketones (excluding diaryl/α,β-unsaturated/α-hetero) is 1. The molecule has 0 heterocycles. The molecule has 0 atom stereocenters. The molecular weight excluding hydrogens is 192 g/mol. The molecule has 0 aromatic heterocycles. The molecule has 1 fully saturated rings. The van der Waals surface area contributed by atoms with Gasteiger partial charge in [-0.15, -0.1) is 0 Å². The quantitative estimate of drug-likeness (QED) is 0.399. The highest BCUT2D eigenvalue weighted by Crippen LogP contribution is 2.24. The standard InChI is InChI=1S/C11H20O2Si/c1-9(13-14(2,3)4)10-7-5-6-8-11(10)12/h5-8H2,1-4H3. The molecule has 0 aromatic carbocycles. The van der Waals surface area contributed by atoms with Crippen LogP contribution < -0.4 is 0 Å². The Morgan fingerprint density at radius 3 is 2.29 bits per heavy atom. The fraction of sp³-hybridized carbons (Fsp3) is 0.727. The number of hydrogen-bond acceptors (Lipinski definition) is 2. The molecule has 80 valence electrons. The maximum absolute atomic E-state index is 11.6. The first-order valence-electron chi connectivity index (χ1n) is 5.32. The van der Waals surface area contributed by atoms with Crippen LogP contribution in [0.4, 0.5) is 0 Å². The molecule has 0 aliphatic heterocycles. The lowest BCUT2D eigenvalue weighted by molar-refractivity contribution is -0.116. The van der Waals surface area contributed by atoms with Gasteiger partial charge in [-0.1, -0.05) is 0 Å². The third-order valence-corrected chi connectivity index (χ3v) is 3.22. The predicted molar refractivity (Wildman–Crippen MR) is 60.6 cm³/mol. The van der Waals surface area contributed by atoms with E-state index in [1.165, 1.54) is 0 Å². The van der Waals surface area contributed by atoms with E-state index in [4.69, 9.17) is 4.43 Å². The van der Waals surface area contributed by atoms with Crippen molar-refractivity contribution in [2.45, 2.75) is 52.2 Å². The van der Waals surface area contributed by atoms with Crippen LogP contribution in [0.3, 0.4) is 0 Å². The van der Waals surface area contributed by atoms with Crippen molar-refractivity contribution in [2.24, 2.45) is 0 Å². The van der Waals surface area contributed by atoms with E-state index >= 15 is 0 Å². The zero-order valence-electron chi connectivity index (χ0n) is 9.64. The van der Waals surface area contributed by atoms with E-state index in [0.717, 1.165) is 30.6 Å². The van der Waals surface area contributed by atoms with Crippen LogP contribution >= 0.6 is 0 Å². The van der Waals surface area contributed by atoms with Gasteiger partial charge in [0.1, 0.15) is 0 Å². The molecule has 1 rings (SSSR count). The van der Waals surface area contributed by atoms with Gasteiger partial charge in [-0.3, -0.25) is 4.79 Å². The van der Waals surface area contributed by atoms with Gasteiger partial charge < -0.3 is 4.43 Å². The lowest BCUT2D eigenvalue weighted by atomic mass is 9.93. The van der Waals surface area contributed by atoms with Gasteiger partial charge in [0.05, 0.1) is 5.76 Å². The number of carbonyl (C=O) groups excluding carboxylic acids is 1. The molecule has 0 saturated heterocycles. The van der Waals surface area contributed by atoms with Gasteiger partial charge in [-0.25, -0.2) is 0 Å². The molecule has 1 aliphatic rings. The second-order valence-electron chi connectivity index (χ2n) is 4.88. The predicted octanol–water partition coefficient (Wildman–Crippen LogP) is 3.26. The minimum Gasteiger partial charge on any atom is -0.547 e. The van der Waals surface area contributed by atoms with Crippen LogP contribution in [0.15, 0.2) is 11.3 Å². The maximum Gasteiger partial charge on any atom is 0.241 e. The molecule has 3 heteroatoms. The molecule has 14 heavy (non-hydrogen) atoms. The Hall–Kier alpha value is -0.573. The average molecular weight is 212 g/mol. The number of allylic oxidation sites excluding steroid dienone is 2. The second-order valence-corrected chi connectivity index (χ2v) is 9.31. The van der Waals surface area contributed by atoms with Crippen molar-refractivity contribution < 1.29 is 9.22 Å². The molecular formula is C11H20O2Si. The molecule has 0 amide bonds. The van der Waals surface area contributed by atoms with Gasteiger partial charge in [0.25, 0.3) is 0 Å². The highest BCUT2D eigenvalue weighted by atomic mass is 28.4. The van der Waals surface area contributed by atoms with Gasteiger partial charge in [-0.05, 0) is 45.8 Å². The lowest BCUT2D eigenvalue weighted by Crippen LogP contribution is -2.26. The summed E-state index contributed by atoms with van der Waals surface area (Å²) < 4.78 is 5.85. The highest BCUT2D eigenvalue weighted by Gasteiger charge is 2.22. The summed E-state index contributed by atoms with van der Waals surface area (Å²) in [4.78, 5) is 11.6. The van der Waals surface area contributed by atoms with Gasteiger partial charge in [-0.2, -0.15) is 0 Å². The first kappa shape index (κ1) is 11.5. The van der Waals surface area contributed by atoms with E-state index in [9.17, 15) is 4.79 Å². The summed E-state index contributed by atoms with van der Waals surface area (Å²) >= 11 is 0.